The molecule has 1 aliphatic carbocycles. The molecule has 1 aromatic rings. The van der Waals surface area contributed by atoms with Gasteiger partial charge in [0.2, 0.25) is 5.01 Å². The third kappa shape index (κ3) is 3.16. The van der Waals surface area contributed by atoms with E-state index in [1.54, 1.807) is 6.92 Å². The molecule has 1 saturated carbocycles. The van der Waals surface area contributed by atoms with Crippen LogP contribution in [0.15, 0.2) is 0 Å². The van der Waals surface area contributed by atoms with Gasteiger partial charge in [-0.05, 0) is 30.6 Å². The maximum Gasteiger partial charge on any atom is 0.369 e. The number of carbonyl (C=O) groups is 1. The van der Waals surface area contributed by atoms with Crippen molar-refractivity contribution >= 4 is 17.3 Å². The molecule has 1 heterocycles. The van der Waals surface area contributed by atoms with E-state index in [0.717, 1.165) is 23.7 Å². The van der Waals surface area contributed by atoms with Crippen LogP contribution in [-0.4, -0.2) is 29.4 Å². The SMILES string of the molecule is CCOC(=O)c1nnc(OCCC2CC2)s1. The first kappa shape index (κ1) is 11.3. The van der Waals surface area contributed by atoms with Gasteiger partial charge in [-0.3, -0.25) is 0 Å². The molecular weight excluding hydrogens is 228 g/mol. The average molecular weight is 242 g/mol. The maximum atomic E-state index is 11.3. The molecule has 5 nitrogen and oxygen atoms in total. The minimum Gasteiger partial charge on any atom is -0.469 e. The normalized spacial score (nSPS) is 14.8. The van der Waals surface area contributed by atoms with Crippen LogP contribution < -0.4 is 4.74 Å². The molecule has 0 amide bonds. The highest BCUT2D eigenvalue weighted by atomic mass is 32.1. The van der Waals surface area contributed by atoms with Gasteiger partial charge in [0, 0.05) is 0 Å². The summed E-state index contributed by atoms with van der Waals surface area (Å²) in [5.41, 5.74) is 0. The number of nitrogens with zero attached hydrogens (tertiary/aromatic N) is 2. The fourth-order valence-electron chi connectivity index (χ4n) is 1.26. The summed E-state index contributed by atoms with van der Waals surface area (Å²) < 4.78 is 10.2. The highest BCUT2D eigenvalue weighted by Crippen LogP contribution is 2.32. The molecule has 2 rings (SSSR count). The van der Waals surface area contributed by atoms with E-state index in [-0.39, 0.29) is 5.01 Å². The molecular formula is C10H14N2O3S. The Kier molecular flexibility index (Phi) is 3.71. The summed E-state index contributed by atoms with van der Waals surface area (Å²) >= 11 is 1.13. The minimum absolute atomic E-state index is 0.253. The topological polar surface area (TPSA) is 61.3 Å². The van der Waals surface area contributed by atoms with Gasteiger partial charge in [0.1, 0.15) is 0 Å². The Bertz CT molecular complexity index is 363. The number of carbonyl (C=O) groups excluding carboxylic acids is 1. The molecule has 1 aliphatic rings. The minimum atomic E-state index is -0.433. The van der Waals surface area contributed by atoms with Crippen molar-refractivity contribution in [2.45, 2.75) is 26.2 Å². The van der Waals surface area contributed by atoms with Crippen LogP contribution in [-0.2, 0) is 4.74 Å². The molecule has 0 saturated heterocycles. The zero-order chi connectivity index (χ0) is 11.4. The molecule has 0 spiro atoms. The van der Waals surface area contributed by atoms with Gasteiger partial charge in [-0.15, -0.1) is 5.10 Å². The van der Waals surface area contributed by atoms with Crippen molar-refractivity contribution in [3.05, 3.63) is 5.01 Å². The quantitative estimate of drug-likeness (QED) is 0.713. The van der Waals surface area contributed by atoms with Crippen molar-refractivity contribution in [1.82, 2.24) is 10.2 Å². The highest BCUT2D eigenvalue weighted by molar-refractivity contribution is 7.14. The summed E-state index contributed by atoms with van der Waals surface area (Å²) in [5, 5.41) is 8.20. The van der Waals surface area contributed by atoms with E-state index in [0.29, 0.717) is 18.4 Å². The predicted molar refractivity (Wildman–Crippen MR) is 58.7 cm³/mol. The number of hydrogen-bond acceptors (Lipinski definition) is 6. The van der Waals surface area contributed by atoms with Crippen LogP contribution in [0.25, 0.3) is 0 Å². The van der Waals surface area contributed by atoms with E-state index in [9.17, 15) is 4.79 Å². The molecule has 16 heavy (non-hydrogen) atoms. The van der Waals surface area contributed by atoms with Crippen LogP contribution in [0.4, 0.5) is 0 Å². The number of esters is 1. The van der Waals surface area contributed by atoms with Gasteiger partial charge < -0.3 is 9.47 Å². The van der Waals surface area contributed by atoms with E-state index in [1.807, 2.05) is 0 Å². The fourth-order valence-corrected chi connectivity index (χ4v) is 1.88. The van der Waals surface area contributed by atoms with Crippen molar-refractivity contribution in [1.29, 1.82) is 0 Å². The van der Waals surface area contributed by atoms with Crippen molar-refractivity contribution in [3.8, 4) is 5.19 Å². The second-order valence-corrected chi connectivity index (χ2v) is 4.61. The zero-order valence-corrected chi connectivity index (χ0v) is 9.96. The Balaban J connectivity index is 1.78. The van der Waals surface area contributed by atoms with Crippen LogP contribution >= 0.6 is 11.3 Å². The first-order chi connectivity index (χ1) is 7.79. The van der Waals surface area contributed by atoms with E-state index >= 15 is 0 Å². The molecule has 1 aromatic heterocycles. The van der Waals surface area contributed by atoms with Crippen molar-refractivity contribution in [2.75, 3.05) is 13.2 Å². The first-order valence-electron chi connectivity index (χ1n) is 5.43. The van der Waals surface area contributed by atoms with Gasteiger partial charge in [0.15, 0.2) is 0 Å². The number of hydrogen-bond donors (Lipinski definition) is 0. The zero-order valence-electron chi connectivity index (χ0n) is 9.14. The van der Waals surface area contributed by atoms with Gasteiger partial charge in [-0.1, -0.05) is 17.9 Å². The molecule has 88 valence electrons. The molecule has 0 aromatic carbocycles. The number of aromatic nitrogens is 2. The van der Waals surface area contributed by atoms with Crippen molar-refractivity contribution in [2.24, 2.45) is 5.92 Å². The molecule has 0 atom stereocenters. The number of ether oxygens (including phenoxy) is 2. The van der Waals surface area contributed by atoms with Gasteiger partial charge in [-0.2, -0.15) is 0 Å². The van der Waals surface area contributed by atoms with E-state index in [2.05, 4.69) is 10.2 Å². The Morgan fingerprint density at radius 3 is 3.00 bits per heavy atom. The monoisotopic (exact) mass is 242 g/mol. The predicted octanol–water partition coefficient (Wildman–Crippen LogP) is 1.89. The standard InChI is InChI=1S/C10H14N2O3S/c1-2-14-9(13)8-11-12-10(16-8)15-6-5-7-3-4-7/h7H,2-6H2,1H3. The average Bonchev–Trinajstić information content (AvgIpc) is 2.95. The summed E-state index contributed by atoms with van der Waals surface area (Å²) in [6.45, 7) is 2.75. The van der Waals surface area contributed by atoms with Crippen molar-refractivity contribution < 1.29 is 14.3 Å². The summed E-state index contributed by atoms with van der Waals surface area (Å²) in [5.74, 6) is 0.398. The maximum absolute atomic E-state index is 11.3. The number of rotatable bonds is 6. The fraction of sp³-hybridized carbons (Fsp3) is 0.700. The second kappa shape index (κ2) is 5.25. The summed E-state index contributed by atoms with van der Waals surface area (Å²) in [6, 6.07) is 0. The van der Waals surface area contributed by atoms with E-state index in [4.69, 9.17) is 9.47 Å². The Morgan fingerprint density at radius 1 is 1.50 bits per heavy atom. The lowest BCUT2D eigenvalue weighted by Crippen LogP contribution is -2.03. The Labute approximate surface area is 97.8 Å². The summed E-state index contributed by atoms with van der Waals surface area (Å²) in [7, 11) is 0. The summed E-state index contributed by atoms with van der Waals surface area (Å²) in [4.78, 5) is 11.3. The van der Waals surface area contributed by atoms with Crippen LogP contribution in [0, 0.1) is 5.92 Å². The highest BCUT2D eigenvalue weighted by Gasteiger charge is 2.21. The van der Waals surface area contributed by atoms with Crippen LogP contribution in [0.5, 0.6) is 5.19 Å². The van der Waals surface area contributed by atoms with Crippen LogP contribution in [0.3, 0.4) is 0 Å². The van der Waals surface area contributed by atoms with Crippen molar-refractivity contribution in [3.63, 3.8) is 0 Å². The summed E-state index contributed by atoms with van der Waals surface area (Å²) in [6.07, 6.45) is 3.69. The first-order valence-corrected chi connectivity index (χ1v) is 6.24. The lowest BCUT2D eigenvalue weighted by molar-refractivity contribution is 0.0525. The molecule has 0 unspecified atom stereocenters. The Hall–Kier alpha value is -1.17. The van der Waals surface area contributed by atoms with Crippen LogP contribution in [0.1, 0.15) is 36.0 Å². The third-order valence-electron chi connectivity index (χ3n) is 2.31. The molecule has 6 heteroatoms. The van der Waals surface area contributed by atoms with Gasteiger partial charge in [-0.25, -0.2) is 4.79 Å². The smallest absolute Gasteiger partial charge is 0.369 e. The lowest BCUT2D eigenvalue weighted by Gasteiger charge is -1.98. The van der Waals surface area contributed by atoms with E-state index in [1.165, 1.54) is 12.8 Å². The van der Waals surface area contributed by atoms with Crippen LogP contribution in [0.2, 0.25) is 0 Å². The largest absolute Gasteiger partial charge is 0.469 e. The van der Waals surface area contributed by atoms with Gasteiger partial charge in [0.05, 0.1) is 13.2 Å². The molecule has 0 aliphatic heterocycles. The van der Waals surface area contributed by atoms with E-state index < -0.39 is 5.97 Å². The molecule has 0 bridgehead atoms. The molecule has 1 fully saturated rings. The third-order valence-corrected chi connectivity index (χ3v) is 3.12. The molecule has 0 N–H and O–H groups in total. The lowest BCUT2D eigenvalue weighted by atomic mass is 10.3. The second-order valence-electron chi connectivity index (χ2n) is 3.67. The van der Waals surface area contributed by atoms with Gasteiger partial charge >= 0.3 is 5.97 Å². The molecule has 0 radical (unpaired) electrons. The Morgan fingerprint density at radius 2 is 2.31 bits per heavy atom. The van der Waals surface area contributed by atoms with Gasteiger partial charge in [0.25, 0.3) is 5.19 Å².